The van der Waals surface area contributed by atoms with Crippen LogP contribution < -0.4 is 4.89 Å². The second kappa shape index (κ2) is 39.6. The molecule has 0 aromatic carbocycles. The highest BCUT2D eigenvalue weighted by atomic mass is 31.2. The lowest BCUT2D eigenvalue weighted by Gasteiger charge is -2.28. The number of ether oxygens (including phenoxy) is 2. The van der Waals surface area contributed by atoms with Gasteiger partial charge in [0.05, 0.1) is 34.0 Å². The van der Waals surface area contributed by atoms with Crippen molar-refractivity contribution in [2.24, 2.45) is 0 Å². The maximum atomic E-state index is 12.7. The zero-order valence-electron chi connectivity index (χ0n) is 36.9. The molecule has 55 heavy (non-hydrogen) atoms. The highest BCUT2D eigenvalue weighted by molar-refractivity contribution is 7.45. The molecule has 2 atom stereocenters. The molecule has 0 amide bonds. The number of hydrogen-bond acceptors (Lipinski definition) is 7. The maximum Gasteiger partial charge on any atom is 0.306 e. The Kier molecular flexibility index (Phi) is 38.8. The molecule has 0 aliphatic rings. The van der Waals surface area contributed by atoms with E-state index in [2.05, 4.69) is 26.0 Å². The van der Waals surface area contributed by atoms with Crippen LogP contribution in [0.2, 0.25) is 0 Å². The van der Waals surface area contributed by atoms with Crippen LogP contribution >= 0.6 is 7.82 Å². The fourth-order valence-electron chi connectivity index (χ4n) is 6.45. The molecule has 1 unspecified atom stereocenters. The second-order valence-corrected chi connectivity index (χ2v) is 18.2. The minimum atomic E-state index is -4.54. The van der Waals surface area contributed by atoms with Crippen molar-refractivity contribution in [2.75, 3.05) is 47.5 Å². The van der Waals surface area contributed by atoms with Crippen molar-refractivity contribution in [3.63, 3.8) is 0 Å². The molecule has 0 aromatic heterocycles. The molecule has 0 saturated heterocycles. The Morgan fingerprint density at radius 1 is 0.564 bits per heavy atom. The number of nitrogens with zero attached hydrogens (tertiary/aromatic N) is 1. The number of unbranched alkanes of at least 4 members (excludes halogenated alkanes) is 27. The molecule has 0 heterocycles. The van der Waals surface area contributed by atoms with Crippen LogP contribution in [0.25, 0.3) is 0 Å². The first-order valence-corrected chi connectivity index (χ1v) is 24.6. The lowest BCUT2D eigenvalue weighted by molar-refractivity contribution is -0.870. The van der Waals surface area contributed by atoms with Crippen molar-refractivity contribution in [1.29, 1.82) is 0 Å². The van der Waals surface area contributed by atoms with Crippen molar-refractivity contribution in [3.8, 4) is 0 Å². The van der Waals surface area contributed by atoms with Gasteiger partial charge >= 0.3 is 5.97 Å². The number of hydrogen-bond donors (Lipinski definition) is 0. The SMILES string of the molecule is CCCCCCCC/C=C\CCCCCCCC(=O)O[C@H](CO/C=C\CCCCCCCCCCCCCCCCCC)COP(=O)([O-])OCC[N+](C)(C)C. The van der Waals surface area contributed by atoms with Crippen molar-refractivity contribution in [1.82, 2.24) is 0 Å². The van der Waals surface area contributed by atoms with Crippen LogP contribution in [0.4, 0.5) is 0 Å². The Balaban J connectivity index is 4.24. The maximum absolute atomic E-state index is 12.7. The van der Waals surface area contributed by atoms with Crippen molar-refractivity contribution < 1.29 is 37.3 Å². The molecule has 326 valence electrons. The van der Waals surface area contributed by atoms with E-state index in [1.807, 2.05) is 27.2 Å². The fraction of sp³-hybridized carbons (Fsp3) is 0.891. The van der Waals surface area contributed by atoms with Crippen molar-refractivity contribution in [2.45, 2.75) is 219 Å². The molecule has 0 radical (unpaired) electrons. The van der Waals surface area contributed by atoms with Gasteiger partial charge in [-0.15, -0.1) is 0 Å². The molecule has 0 rings (SSSR count). The smallest absolute Gasteiger partial charge is 0.306 e. The van der Waals surface area contributed by atoms with Crippen LogP contribution in [0.1, 0.15) is 213 Å². The molecule has 0 spiro atoms. The van der Waals surface area contributed by atoms with Gasteiger partial charge in [0.15, 0.2) is 6.10 Å². The zero-order valence-corrected chi connectivity index (χ0v) is 37.8. The summed E-state index contributed by atoms with van der Waals surface area (Å²) >= 11 is 0. The Labute approximate surface area is 341 Å². The van der Waals surface area contributed by atoms with Gasteiger partial charge in [-0.2, -0.15) is 0 Å². The number of esters is 1. The summed E-state index contributed by atoms with van der Waals surface area (Å²) in [6, 6.07) is 0. The van der Waals surface area contributed by atoms with E-state index in [0.29, 0.717) is 17.4 Å². The molecule has 8 nitrogen and oxygen atoms in total. The third kappa shape index (κ3) is 43.8. The zero-order chi connectivity index (χ0) is 40.6. The predicted octanol–water partition coefficient (Wildman–Crippen LogP) is 13.3. The van der Waals surface area contributed by atoms with Gasteiger partial charge in [-0.05, 0) is 51.0 Å². The largest absolute Gasteiger partial charge is 0.756 e. The Hall–Kier alpha value is -1.18. The number of phosphoric acid groups is 1. The summed E-state index contributed by atoms with van der Waals surface area (Å²) in [6.45, 7) is 4.75. The summed E-state index contributed by atoms with van der Waals surface area (Å²) in [5.74, 6) is -0.362. The quantitative estimate of drug-likeness (QED) is 0.0151. The second-order valence-electron chi connectivity index (χ2n) is 16.8. The molecular weight excluding hydrogens is 709 g/mol. The molecule has 0 fully saturated rings. The topological polar surface area (TPSA) is 94.1 Å². The van der Waals surface area contributed by atoms with E-state index in [0.717, 1.165) is 44.9 Å². The average Bonchev–Trinajstić information content (AvgIpc) is 3.13. The van der Waals surface area contributed by atoms with E-state index in [1.54, 1.807) is 6.26 Å². The highest BCUT2D eigenvalue weighted by Crippen LogP contribution is 2.38. The van der Waals surface area contributed by atoms with Gasteiger partial charge in [-0.1, -0.05) is 174 Å². The molecule has 0 aromatic rings. The van der Waals surface area contributed by atoms with E-state index in [-0.39, 0.29) is 25.8 Å². The standard InChI is InChI=1S/C46H90NO7P/c1-6-8-10-12-14-16-18-20-22-23-24-26-28-30-32-34-36-38-41-51-43-45(44-53-55(49,50)52-42-40-47(3,4)5)54-46(48)39-37-35-33-31-29-27-25-21-19-17-15-13-11-9-7-2/h21,25,38,41,45H,6-20,22-24,26-37,39-40,42-44H2,1-5H3/b25-21-,41-38-/t45-/m1/s1. The summed E-state index contributed by atoms with van der Waals surface area (Å²) in [7, 11) is 1.33. The third-order valence-electron chi connectivity index (χ3n) is 10.1. The lowest BCUT2D eigenvalue weighted by atomic mass is 10.0. The Morgan fingerprint density at radius 3 is 1.40 bits per heavy atom. The van der Waals surface area contributed by atoms with E-state index in [4.69, 9.17) is 18.5 Å². The number of phosphoric ester groups is 1. The first-order valence-electron chi connectivity index (χ1n) is 23.1. The van der Waals surface area contributed by atoms with Crippen molar-refractivity contribution >= 4 is 13.8 Å². The molecule has 9 heteroatoms. The summed E-state index contributed by atoms with van der Waals surface area (Å²) in [4.78, 5) is 25.0. The summed E-state index contributed by atoms with van der Waals surface area (Å²) in [5, 5.41) is 0. The number of carbonyl (C=O) groups excluding carboxylic acids is 1. The van der Waals surface area contributed by atoms with E-state index < -0.39 is 13.9 Å². The van der Waals surface area contributed by atoms with Gasteiger partial charge < -0.3 is 27.9 Å². The van der Waals surface area contributed by atoms with Gasteiger partial charge in [-0.25, -0.2) is 0 Å². The van der Waals surface area contributed by atoms with Crippen molar-refractivity contribution in [3.05, 3.63) is 24.5 Å². The monoisotopic (exact) mass is 800 g/mol. The number of quaternary nitrogens is 1. The number of allylic oxidation sites excluding steroid dienone is 3. The molecule has 0 N–H and O–H groups in total. The number of rotatable bonds is 43. The Bertz CT molecular complexity index is 936. The van der Waals surface area contributed by atoms with Gasteiger partial charge in [0, 0.05) is 6.42 Å². The van der Waals surface area contributed by atoms with Crippen LogP contribution in [0.5, 0.6) is 0 Å². The van der Waals surface area contributed by atoms with Crippen LogP contribution in [0.3, 0.4) is 0 Å². The van der Waals surface area contributed by atoms with E-state index in [1.165, 1.54) is 148 Å². The van der Waals surface area contributed by atoms with Crippen LogP contribution in [0.15, 0.2) is 24.5 Å². The number of likely N-dealkylation sites (N-methyl/N-ethyl adjacent to an activating group) is 1. The number of carbonyl (C=O) groups is 1. The Morgan fingerprint density at radius 2 is 0.964 bits per heavy atom. The van der Waals surface area contributed by atoms with Gasteiger partial charge in [-0.3, -0.25) is 9.36 Å². The molecule has 0 aliphatic heterocycles. The van der Waals surface area contributed by atoms with Gasteiger partial charge in [0.2, 0.25) is 0 Å². The normalized spacial score (nSPS) is 13.9. The molecular formula is C46H90NO7P. The molecule has 0 aliphatic carbocycles. The summed E-state index contributed by atoms with van der Waals surface area (Å²) < 4.78 is 34.4. The fourth-order valence-corrected chi connectivity index (χ4v) is 7.18. The van der Waals surface area contributed by atoms with Gasteiger partial charge in [0.25, 0.3) is 7.82 Å². The predicted molar refractivity (Wildman–Crippen MR) is 231 cm³/mol. The third-order valence-corrected chi connectivity index (χ3v) is 11.0. The van der Waals surface area contributed by atoms with Crippen LogP contribution in [0, 0.1) is 0 Å². The molecule has 0 bridgehead atoms. The minimum Gasteiger partial charge on any atom is -0.756 e. The van der Waals surface area contributed by atoms with Crippen LogP contribution in [-0.2, 0) is 27.9 Å². The first kappa shape index (κ1) is 53.8. The molecule has 0 saturated carbocycles. The first-order chi connectivity index (χ1) is 26.6. The van der Waals surface area contributed by atoms with E-state index >= 15 is 0 Å². The minimum absolute atomic E-state index is 0.0167. The average molecular weight is 800 g/mol. The summed E-state index contributed by atoms with van der Waals surface area (Å²) in [5.41, 5.74) is 0. The summed E-state index contributed by atoms with van der Waals surface area (Å²) in [6.07, 6.45) is 45.7. The van der Waals surface area contributed by atoms with Gasteiger partial charge in [0.1, 0.15) is 19.8 Å². The lowest BCUT2D eigenvalue weighted by Crippen LogP contribution is -2.37. The highest BCUT2D eigenvalue weighted by Gasteiger charge is 2.20. The van der Waals surface area contributed by atoms with Crippen LogP contribution in [-0.4, -0.2) is 64.1 Å². The van der Waals surface area contributed by atoms with E-state index in [9.17, 15) is 14.3 Å².